The lowest BCUT2D eigenvalue weighted by molar-refractivity contribution is 0.281. The number of aromatic nitrogens is 2. The average Bonchev–Trinajstić information content (AvgIpc) is 2.38. The molecule has 1 N–H and O–H groups in total. The Kier molecular flexibility index (Phi) is 3.58. The van der Waals surface area contributed by atoms with Gasteiger partial charge >= 0.3 is 0 Å². The van der Waals surface area contributed by atoms with E-state index in [2.05, 4.69) is 42.0 Å². The maximum atomic E-state index is 8.97. The van der Waals surface area contributed by atoms with Crippen LogP contribution in [0.25, 0.3) is 0 Å². The molecule has 1 aromatic carbocycles. The third kappa shape index (κ3) is 2.49. The molecule has 2 rings (SSSR count). The van der Waals surface area contributed by atoms with Gasteiger partial charge in [0.1, 0.15) is 0 Å². The molecule has 0 aliphatic heterocycles. The first kappa shape index (κ1) is 12.5. The highest BCUT2D eigenvalue weighted by Gasteiger charge is 2.09. The zero-order valence-corrected chi connectivity index (χ0v) is 10.9. The van der Waals surface area contributed by atoms with Gasteiger partial charge in [0.2, 0.25) is 5.95 Å². The molecular formula is C14H17N3O. The summed E-state index contributed by atoms with van der Waals surface area (Å²) in [6.45, 7) is 4.11. The minimum atomic E-state index is -0.0342. The van der Waals surface area contributed by atoms with Crippen molar-refractivity contribution in [2.75, 3.05) is 11.9 Å². The summed E-state index contributed by atoms with van der Waals surface area (Å²) in [5.41, 5.74) is 4.22. The van der Waals surface area contributed by atoms with Crippen LogP contribution >= 0.6 is 0 Å². The van der Waals surface area contributed by atoms with Crippen LogP contribution in [0.3, 0.4) is 0 Å². The van der Waals surface area contributed by atoms with E-state index in [0.717, 1.165) is 5.69 Å². The Morgan fingerprint density at radius 3 is 2.39 bits per heavy atom. The van der Waals surface area contributed by atoms with Gasteiger partial charge in [0.15, 0.2) is 0 Å². The molecule has 0 aliphatic carbocycles. The molecule has 0 radical (unpaired) electrons. The van der Waals surface area contributed by atoms with E-state index in [1.807, 2.05) is 11.9 Å². The van der Waals surface area contributed by atoms with Gasteiger partial charge in [0, 0.05) is 30.7 Å². The molecule has 0 amide bonds. The molecule has 0 saturated carbocycles. The fourth-order valence-corrected chi connectivity index (χ4v) is 1.89. The second-order valence-electron chi connectivity index (χ2n) is 4.40. The number of aliphatic hydroxyl groups excluding tert-OH is 1. The van der Waals surface area contributed by atoms with E-state index in [4.69, 9.17) is 5.11 Å². The van der Waals surface area contributed by atoms with E-state index in [9.17, 15) is 0 Å². The van der Waals surface area contributed by atoms with Crippen LogP contribution in [0.2, 0.25) is 0 Å². The van der Waals surface area contributed by atoms with E-state index in [1.54, 1.807) is 12.4 Å². The van der Waals surface area contributed by atoms with E-state index in [0.29, 0.717) is 11.5 Å². The summed E-state index contributed by atoms with van der Waals surface area (Å²) in [5, 5.41) is 8.97. The van der Waals surface area contributed by atoms with E-state index >= 15 is 0 Å². The van der Waals surface area contributed by atoms with Crippen molar-refractivity contribution in [2.45, 2.75) is 20.5 Å². The molecule has 0 unspecified atom stereocenters. The van der Waals surface area contributed by atoms with Gasteiger partial charge in [0.05, 0.1) is 6.61 Å². The van der Waals surface area contributed by atoms with Crippen LogP contribution < -0.4 is 4.90 Å². The third-order valence-electron chi connectivity index (χ3n) is 2.89. The number of aliphatic hydroxyl groups is 1. The van der Waals surface area contributed by atoms with Gasteiger partial charge in [0.25, 0.3) is 0 Å². The smallest absolute Gasteiger partial charge is 0.229 e. The molecule has 18 heavy (non-hydrogen) atoms. The van der Waals surface area contributed by atoms with Crippen molar-refractivity contribution in [1.29, 1.82) is 0 Å². The van der Waals surface area contributed by atoms with Crippen molar-refractivity contribution in [3.8, 4) is 0 Å². The number of hydrogen-bond acceptors (Lipinski definition) is 4. The molecule has 0 atom stereocenters. The summed E-state index contributed by atoms with van der Waals surface area (Å²) in [7, 11) is 1.94. The second kappa shape index (κ2) is 5.14. The number of hydrogen-bond donors (Lipinski definition) is 1. The van der Waals surface area contributed by atoms with Crippen LogP contribution in [0.1, 0.15) is 16.7 Å². The van der Waals surface area contributed by atoms with E-state index in [1.165, 1.54) is 11.1 Å². The lowest BCUT2D eigenvalue weighted by atomic mass is 10.1. The first-order chi connectivity index (χ1) is 8.61. The summed E-state index contributed by atoms with van der Waals surface area (Å²) in [5.74, 6) is 0.624. The molecule has 4 heteroatoms. The van der Waals surface area contributed by atoms with Crippen LogP contribution in [-0.2, 0) is 6.61 Å². The lowest BCUT2D eigenvalue weighted by Crippen LogP contribution is -2.14. The minimum absolute atomic E-state index is 0.0342. The molecule has 0 spiro atoms. The monoisotopic (exact) mass is 243 g/mol. The Hall–Kier alpha value is -1.94. The first-order valence-electron chi connectivity index (χ1n) is 5.84. The van der Waals surface area contributed by atoms with E-state index in [-0.39, 0.29) is 6.61 Å². The van der Waals surface area contributed by atoms with Gasteiger partial charge in [-0.25, -0.2) is 9.97 Å². The molecular weight excluding hydrogens is 226 g/mol. The molecule has 0 bridgehead atoms. The van der Waals surface area contributed by atoms with Crippen molar-refractivity contribution in [3.05, 3.63) is 47.3 Å². The van der Waals surface area contributed by atoms with Gasteiger partial charge in [-0.3, -0.25) is 0 Å². The zero-order chi connectivity index (χ0) is 13.1. The Balaban J connectivity index is 2.31. The van der Waals surface area contributed by atoms with Gasteiger partial charge in [-0.05, 0) is 25.5 Å². The van der Waals surface area contributed by atoms with Crippen LogP contribution in [0.15, 0.2) is 30.6 Å². The largest absolute Gasteiger partial charge is 0.392 e. The summed E-state index contributed by atoms with van der Waals surface area (Å²) >= 11 is 0. The normalized spacial score (nSPS) is 10.4. The fraction of sp³-hybridized carbons (Fsp3) is 0.286. The number of anilines is 2. The fourth-order valence-electron chi connectivity index (χ4n) is 1.89. The summed E-state index contributed by atoms with van der Waals surface area (Å²) in [4.78, 5) is 10.4. The Bertz CT molecular complexity index is 537. The SMILES string of the molecule is Cc1ccc(N(C)c2ncc(CO)cn2)c(C)c1. The topological polar surface area (TPSA) is 49.2 Å². The highest BCUT2D eigenvalue weighted by molar-refractivity contribution is 5.61. The molecule has 94 valence electrons. The van der Waals surface area contributed by atoms with Gasteiger partial charge in [-0.15, -0.1) is 0 Å². The lowest BCUT2D eigenvalue weighted by Gasteiger charge is -2.19. The summed E-state index contributed by atoms with van der Waals surface area (Å²) < 4.78 is 0. The predicted molar refractivity (Wildman–Crippen MR) is 71.9 cm³/mol. The molecule has 2 aromatic rings. The van der Waals surface area contributed by atoms with E-state index < -0.39 is 0 Å². The number of nitrogens with zero attached hydrogens (tertiary/aromatic N) is 3. The summed E-state index contributed by atoms with van der Waals surface area (Å²) in [6.07, 6.45) is 3.28. The number of rotatable bonds is 3. The highest BCUT2D eigenvalue weighted by Crippen LogP contribution is 2.24. The van der Waals surface area contributed by atoms with Gasteiger partial charge in [-0.2, -0.15) is 0 Å². The predicted octanol–water partition coefficient (Wildman–Crippen LogP) is 2.35. The van der Waals surface area contributed by atoms with Gasteiger partial charge in [-0.1, -0.05) is 17.7 Å². The maximum Gasteiger partial charge on any atom is 0.229 e. The molecule has 0 fully saturated rings. The highest BCUT2D eigenvalue weighted by atomic mass is 16.3. The average molecular weight is 243 g/mol. The van der Waals surface area contributed by atoms with Gasteiger partial charge < -0.3 is 10.0 Å². The van der Waals surface area contributed by atoms with Crippen molar-refractivity contribution in [1.82, 2.24) is 9.97 Å². The standard InChI is InChI=1S/C14H17N3O/c1-10-4-5-13(11(2)6-10)17(3)14-15-7-12(9-18)8-16-14/h4-8,18H,9H2,1-3H3. The zero-order valence-electron chi connectivity index (χ0n) is 10.9. The second-order valence-corrected chi connectivity index (χ2v) is 4.40. The van der Waals surface area contributed by atoms with Crippen molar-refractivity contribution in [2.24, 2.45) is 0 Å². The molecule has 0 saturated heterocycles. The molecule has 1 heterocycles. The van der Waals surface area contributed by atoms with Crippen LogP contribution in [0, 0.1) is 13.8 Å². The first-order valence-corrected chi connectivity index (χ1v) is 5.84. The minimum Gasteiger partial charge on any atom is -0.392 e. The van der Waals surface area contributed by atoms with Crippen molar-refractivity contribution in [3.63, 3.8) is 0 Å². The number of benzene rings is 1. The van der Waals surface area contributed by atoms with Crippen LogP contribution in [0.4, 0.5) is 11.6 Å². The van der Waals surface area contributed by atoms with Crippen molar-refractivity contribution >= 4 is 11.6 Å². The third-order valence-corrected chi connectivity index (χ3v) is 2.89. The Morgan fingerprint density at radius 1 is 1.17 bits per heavy atom. The van der Waals surface area contributed by atoms with Crippen LogP contribution in [-0.4, -0.2) is 22.1 Å². The Morgan fingerprint density at radius 2 is 1.83 bits per heavy atom. The molecule has 0 aliphatic rings. The van der Waals surface area contributed by atoms with Crippen LogP contribution in [0.5, 0.6) is 0 Å². The number of aryl methyl sites for hydroxylation is 2. The summed E-state index contributed by atoms with van der Waals surface area (Å²) in [6, 6.07) is 6.27. The molecule has 1 aromatic heterocycles. The molecule has 4 nitrogen and oxygen atoms in total. The quantitative estimate of drug-likeness (QED) is 0.899. The Labute approximate surface area is 107 Å². The van der Waals surface area contributed by atoms with Crippen molar-refractivity contribution < 1.29 is 5.11 Å². The maximum absolute atomic E-state index is 8.97.